The van der Waals surface area contributed by atoms with Crippen LogP contribution in [0, 0.1) is 6.92 Å². The average molecular weight is 602 g/mol. The Morgan fingerprint density at radius 1 is 0.927 bits per heavy atom. The molecule has 0 bridgehead atoms. The van der Waals surface area contributed by atoms with Crippen molar-refractivity contribution in [1.29, 1.82) is 0 Å². The molecule has 4 aromatic rings. The Balaban J connectivity index is 0.000000186. The standard InChI is InChI=1S/C17H16O4.C14H11Cl2NO2.Na/c1-18-10-4-6-13-15(7-10)20-9-14-12-5-3-11(19-2)8-16(12)21-17(13)14;1-8-6-7-10(15)13(12(8)16)17-11-5-3-2-4-9(11)14(18)19;/h3-8,14,17H,9H2,1-2H3;2-7,17H,1H3,(H,18,19);/q;;+1/p-1. The van der Waals surface area contributed by atoms with Gasteiger partial charge in [0.2, 0.25) is 0 Å². The number of fused-ring (bicyclic) bond motifs is 5. The third-order valence-electron chi connectivity index (χ3n) is 6.88. The predicted octanol–water partition coefficient (Wildman–Crippen LogP) is 3.73. The molecule has 2 aliphatic rings. The minimum absolute atomic E-state index is 0. The Morgan fingerprint density at radius 3 is 2.27 bits per heavy atom. The van der Waals surface area contributed by atoms with Crippen molar-refractivity contribution in [2.45, 2.75) is 18.9 Å². The molecule has 2 unspecified atom stereocenters. The summed E-state index contributed by atoms with van der Waals surface area (Å²) < 4.78 is 22.6. The first kappa shape index (κ1) is 30.9. The molecule has 206 valence electrons. The van der Waals surface area contributed by atoms with Crippen LogP contribution in [0.1, 0.15) is 39.1 Å². The number of hydrogen-bond acceptors (Lipinski definition) is 7. The van der Waals surface area contributed by atoms with Gasteiger partial charge in [-0.05, 0) is 42.8 Å². The monoisotopic (exact) mass is 601 g/mol. The molecule has 1 N–H and O–H groups in total. The molecule has 0 aromatic heterocycles. The van der Waals surface area contributed by atoms with Gasteiger partial charge in [-0.2, -0.15) is 0 Å². The number of hydrogen-bond donors (Lipinski definition) is 1. The van der Waals surface area contributed by atoms with Gasteiger partial charge in [-0.25, -0.2) is 0 Å². The molecule has 2 aliphatic heterocycles. The largest absolute Gasteiger partial charge is 1.00 e. The van der Waals surface area contributed by atoms with E-state index >= 15 is 0 Å². The minimum Gasteiger partial charge on any atom is -0.545 e. The number of halogens is 2. The molecular weight excluding hydrogens is 576 g/mol. The third-order valence-corrected chi connectivity index (χ3v) is 7.68. The van der Waals surface area contributed by atoms with Crippen LogP contribution in [-0.4, -0.2) is 26.8 Å². The van der Waals surface area contributed by atoms with E-state index < -0.39 is 5.97 Å². The first-order valence-electron chi connectivity index (χ1n) is 12.5. The molecule has 0 aliphatic carbocycles. The topological polar surface area (TPSA) is 89.1 Å². The molecule has 2 atom stereocenters. The smallest absolute Gasteiger partial charge is 0.545 e. The molecule has 7 nitrogen and oxygen atoms in total. The van der Waals surface area contributed by atoms with E-state index in [0.29, 0.717) is 28.0 Å². The SMILES string of the molecule is COc1ccc2c(c1)OC1c3ccc(OC)cc3OCC21.Cc1ccc(Cl)c(Nc2ccccc2C(=O)[O-])c1Cl.[Na+]. The van der Waals surface area contributed by atoms with Crippen molar-refractivity contribution in [2.24, 2.45) is 0 Å². The molecule has 0 saturated heterocycles. The number of carbonyl (C=O) groups is 1. The molecule has 0 amide bonds. The van der Waals surface area contributed by atoms with Gasteiger partial charge in [0.25, 0.3) is 0 Å². The Hall–Kier alpha value is -3.07. The maximum absolute atomic E-state index is 11.0. The Kier molecular flexibility index (Phi) is 10.00. The summed E-state index contributed by atoms with van der Waals surface area (Å²) in [7, 11) is 3.32. The molecule has 0 saturated carbocycles. The van der Waals surface area contributed by atoms with Crippen molar-refractivity contribution in [1.82, 2.24) is 0 Å². The average Bonchev–Trinajstić information content (AvgIpc) is 3.35. The molecule has 10 heteroatoms. The second kappa shape index (κ2) is 13.3. The van der Waals surface area contributed by atoms with Gasteiger partial charge in [0, 0.05) is 34.5 Å². The number of aromatic carboxylic acids is 1. The van der Waals surface area contributed by atoms with Crippen molar-refractivity contribution in [3.8, 4) is 23.0 Å². The fourth-order valence-electron chi connectivity index (χ4n) is 4.75. The second-order valence-electron chi connectivity index (χ2n) is 9.27. The van der Waals surface area contributed by atoms with Crippen LogP contribution in [0.4, 0.5) is 11.4 Å². The quantitative estimate of drug-likeness (QED) is 0.349. The van der Waals surface area contributed by atoms with Crippen LogP contribution in [0.15, 0.2) is 72.8 Å². The summed E-state index contributed by atoms with van der Waals surface area (Å²) in [6.07, 6.45) is 0.00163. The van der Waals surface area contributed by atoms with Crippen molar-refractivity contribution >= 4 is 40.5 Å². The summed E-state index contributed by atoms with van der Waals surface area (Å²) in [5.41, 5.74) is 4.02. The fourth-order valence-corrected chi connectivity index (χ4v) is 5.21. The van der Waals surface area contributed by atoms with E-state index in [0.717, 1.165) is 34.1 Å². The summed E-state index contributed by atoms with van der Waals surface area (Å²) in [4.78, 5) is 11.0. The van der Waals surface area contributed by atoms with Crippen molar-refractivity contribution < 1.29 is 58.4 Å². The number of anilines is 2. The molecule has 0 radical (unpaired) electrons. The summed E-state index contributed by atoms with van der Waals surface area (Å²) in [5.74, 6) is 2.30. The second-order valence-corrected chi connectivity index (χ2v) is 10.1. The molecule has 2 heterocycles. The van der Waals surface area contributed by atoms with Crippen molar-refractivity contribution in [3.05, 3.63) is 105 Å². The van der Waals surface area contributed by atoms with Crippen molar-refractivity contribution in [3.63, 3.8) is 0 Å². The molecule has 6 rings (SSSR count). The van der Waals surface area contributed by atoms with Gasteiger partial charge in [-0.3, -0.25) is 0 Å². The zero-order chi connectivity index (χ0) is 28.4. The number of carbonyl (C=O) groups excluding carboxylic acids is 1. The zero-order valence-electron chi connectivity index (χ0n) is 23.0. The number of para-hydroxylation sites is 1. The Morgan fingerprint density at radius 2 is 1.59 bits per heavy atom. The van der Waals surface area contributed by atoms with Crippen LogP contribution in [0.2, 0.25) is 10.0 Å². The van der Waals surface area contributed by atoms with E-state index in [1.807, 2.05) is 37.3 Å². The Bertz CT molecular complexity index is 1580. The van der Waals surface area contributed by atoms with Crippen LogP contribution in [-0.2, 0) is 0 Å². The van der Waals surface area contributed by atoms with Gasteiger partial charge >= 0.3 is 29.6 Å². The van der Waals surface area contributed by atoms with Gasteiger partial charge in [-0.1, -0.05) is 53.5 Å². The predicted molar refractivity (Wildman–Crippen MR) is 153 cm³/mol. The maximum atomic E-state index is 11.0. The number of nitrogens with one attached hydrogen (secondary N) is 1. The number of benzene rings is 4. The number of methoxy groups -OCH3 is 2. The van der Waals surface area contributed by atoms with Crippen LogP contribution < -0.4 is 58.9 Å². The Labute approximate surface area is 270 Å². The number of carboxylic acids is 1. The van der Waals surface area contributed by atoms with E-state index in [1.54, 1.807) is 44.6 Å². The van der Waals surface area contributed by atoms with E-state index in [2.05, 4.69) is 11.4 Å². The third kappa shape index (κ3) is 6.40. The van der Waals surface area contributed by atoms with Gasteiger partial charge < -0.3 is 34.2 Å². The van der Waals surface area contributed by atoms with Gasteiger partial charge in [0.1, 0.15) is 29.1 Å². The van der Waals surface area contributed by atoms with E-state index in [9.17, 15) is 9.90 Å². The number of rotatable bonds is 5. The maximum Gasteiger partial charge on any atom is 1.00 e. The molecule has 41 heavy (non-hydrogen) atoms. The molecule has 4 aromatic carbocycles. The summed E-state index contributed by atoms with van der Waals surface area (Å²) >= 11 is 12.2. The number of ether oxygens (including phenoxy) is 4. The van der Waals surface area contributed by atoms with Crippen LogP contribution in [0.5, 0.6) is 23.0 Å². The van der Waals surface area contributed by atoms with Gasteiger partial charge in [0.15, 0.2) is 0 Å². The summed E-state index contributed by atoms with van der Waals surface area (Å²) in [6.45, 7) is 2.46. The van der Waals surface area contributed by atoms with Gasteiger partial charge in [-0.15, -0.1) is 0 Å². The zero-order valence-corrected chi connectivity index (χ0v) is 26.5. The minimum atomic E-state index is -1.26. The van der Waals surface area contributed by atoms with E-state index in [1.165, 1.54) is 11.6 Å². The fraction of sp³-hybridized carbons (Fsp3) is 0.194. The van der Waals surface area contributed by atoms with Crippen molar-refractivity contribution in [2.75, 3.05) is 26.1 Å². The number of aryl methyl sites for hydroxylation is 1. The van der Waals surface area contributed by atoms with Gasteiger partial charge in [0.05, 0.1) is 48.4 Å². The molecular formula is C31H26Cl2NNaO6. The van der Waals surface area contributed by atoms with E-state index in [-0.39, 0.29) is 47.1 Å². The summed E-state index contributed by atoms with van der Waals surface area (Å²) in [6, 6.07) is 21.8. The van der Waals surface area contributed by atoms with Crippen LogP contribution in [0.3, 0.4) is 0 Å². The summed E-state index contributed by atoms with van der Waals surface area (Å²) in [5, 5.41) is 14.9. The number of carboxylic acid groups (broad SMARTS) is 1. The first-order valence-corrected chi connectivity index (χ1v) is 13.2. The normalized spacial score (nSPS) is 15.7. The van der Waals surface area contributed by atoms with E-state index in [4.69, 9.17) is 42.1 Å². The molecule has 0 spiro atoms. The first-order chi connectivity index (χ1) is 19.3. The van der Waals surface area contributed by atoms with Crippen LogP contribution >= 0.6 is 23.2 Å². The molecule has 0 fully saturated rings. The van der Waals surface area contributed by atoms with Crippen LogP contribution in [0.25, 0.3) is 0 Å².